The molecule has 1 atom stereocenters. The lowest BCUT2D eigenvalue weighted by molar-refractivity contribution is 0.0989. The molecule has 1 aliphatic rings. The number of H-pyrrole nitrogens is 1. The zero-order valence-corrected chi connectivity index (χ0v) is 14.5. The van der Waals surface area contributed by atoms with E-state index < -0.39 is 0 Å². The molecular weight excluding hydrogens is 314 g/mol. The highest BCUT2D eigenvalue weighted by atomic mass is 16.5. The van der Waals surface area contributed by atoms with Gasteiger partial charge in [-0.05, 0) is 37.6 Å². The number of anilines is 1. The van der Waals surface area contributed by atoms with Gasteiger partial charge >= 0.3 is 0 Å². The van der Waals surface area contributed by atoms with E-state index in [0.717, 1.165) is 40.0 Å². The average molecular weight is 335 g/mol. The molecule has 0 bridgehead atoms. The average Bonchev–Trinajstić information content (AvgIpc) is 2.61. The highest BCUT2D eigenvalue weighted by Crippen LogP contribution is 2.31. The van der Waals surface area contributed by atoms with Crippen LogP contribution < -0.4 is 10.5 Å². The highest BCUT2D eigenvalue weighted by molar-refractivity contribution is 5.95. The van der Waals surface area contributed by atoms with E-state index in [-0.39, 0.29) is 11.6 Å². The van der Waals surface area contributed by atoms with Gasteiger partial charge in [0.1, 0.15) is 0 Å². The molecule has 0 saturated carbocycles. The number of aromatic nitrogens is 2. The summed E-state index contributed by atoms with van der Waals surface area (Å²) in [6, 6.07) is 12.0. The van der Waals surface area contributed by atoms with Gasteiger partial charge in [0.05, 0.1) is 24.4 Å². The molecule has 2 aromatic heterocycles. The van der Waals surface area contributed by atoms with Gasteiger partial charge in [-0.1, -0.05) is 12.1 Å². The van der Waals surface area contributed by atoms with E-state index in [1.165, 1.54) is 0 Å². The van der Waals surface area contributed by atoms with Crippen molar-refractivity contribution in [3.8, 4) is 11.3 Å². The van der Waals surface area contributed by atoms with Crippen LogP contribution in [0.5, 0.6) is 0 Å². The zero-order valence-electron chi connectivity index (χ0n) is 14.5. The van der Waals surface area contributed by atoms with E-state index in [4.69, 9.17) is 4.74 Å². The summed E-state index contributed by atoms with van der Waals surface area (Å²) in [5, 5.41) is 1.05. The number of ether oxygens (including phenoxy) is 1. The Morgan fingerprint density at radius 2 is 2.16 bits per heavy atom. The van der Waals surface area contributed by atoms with Crippen LogP contribution >= 0.6 is 0 Å². The Labute approximate surface area is 146 Å². The third-order valence-electron chi connectivity index (χ3n) is 4.79. The Kier molecular flexibility index (Phi) is 4.01. The van der Waals surface area contributed by atoms with Crippen LogP contribution in [0, 0.1) is 6.92 Å². The summed E-state index contributed by atoms with van der Waals surface area (Å²) in [4.78, 5) is 22.0. The van der Waals surface area contributed by atoms with E-state index in [1.54, 1.807) is 12.3 Å². The first-order valence-corrected chi connectivity index (χ1v) is 8.57. The van der Waals surface area contributed by atoms with Gasteiger partial charge in [0, 0.05) is 41.5 Å². The van der Waals surface area contributed by atoms with Gasteiger partial charge in [0.2, 0.25) is 5.56 Å². The van der Waals surface area contributed by atoms with Crippen LogP contribution in [0.4, 0.5) is 5.69 Å². The number of nitrogens with zero attached hydrogens (tertiary/aromatic N) is 2. The smallest absolute Gasteiger partial charge is 0.250 e. The van der Waals surface area contributed by atoms with Crippen molar-refractivity contribution in [2.24, 2.45) is 0 Å². The van der Waals surface area contributed by atoms with Crippen molar-refractivity contribution >= 4 is 16.6 Å². The molecule has 3 aromatic rings. The Balaban J connectivity index is 1.90. The van der Waals surface area contributed by atoms with E-state index in [9.17, 15) is 4.79 Å². The fraction of sp³-hybridized carbons (Fsp3) is 0.300. The molecule has 0 aliphatic carbocycles. The quantitative estimate of drug-likeness (QED) is 0.782. The summed E-state index contributed by atoms with van der Waals surface area (Å²) < 4.78 is 5.52. The number of aryl methyl sites for hydroxylation is 1. The molecule has 0 spiro atoms. The molecule has 3 heterocycles. The number of pyridine rings is 2. The molecule has 0 radical (unpaired) electrons. The number of rotatable bonds is 2. The predicted molar refractivity (Wildman–Crippen MR) is 100 cm³/mol. The summed E-state index contributed by atoms with van der Waals surface area (Å²) >= 11 is 0. The number of aromatic amines is 1. The first kappa shape index (κ1) is 15.8. The Morgan fingerprint density at radius 3 is 3.00 bits per heavy atom. The maximum Gasteiger partial charge on any atom is 0.250 e. The molecule has 1 saturated heterocycles. The minimum atomic E-state index is -0.0912. The second-order valence-electron chi connectivity index (χ2n) is 6.56. The van der Waals surface area contributed by atoms with Gasteiger partial charge in [-0.15, -0.1) is 0 Å². The molecule has 1 unspecified atom stereocenters. The predicted octanol–water partition coefficient (Wildman–Crippen LogP) is 3.12. The lowest BCUT2D eigenvalue weighted by atomic mass is 9.99. The first-order valence-electron chi connectivity index (χ1n) is 8.57. The Bertz CT molecular complexity index is 980. The van der Waals surface area contributed by atoms with Crippen molar-refractivity contribution < 1.29 is 4.74 Å². The van der Waals surface area contributed by atoms with Crippen LogP contribution in [-0.4, -0.2) is 35.8 Å². The third kappa shape index (κ3) is 2.91. The lowest BCUT2D eigenvalue weighted by Crippen LogP contribution is -2.44. The third-order valence-corrected chi connectivity index (χ3v) is 4.79. The molecule has 128 valence electrons. The van der Waals surface area contributed by atoms with Gasteiger partial charge in [-0.2, -0.15) is 0 Å². The van der Waals surface area contributed by atoms with E-state index in [0.29, 0.717) is 13.2 Å². The SMILES string of the molecule is Cc1ccc2ncccc2c1-c1cc(N2CCOCC2C)cc(=O)[nH]1. The molecule has 25 heavy (non-hydrogen) atoms. The number of morpholine rings is 1. The van der Waals surface area contributed by atoms with Crippen molar-refractivity contribution in [1.29, 1.82) is 0 Å². The second kappa shape index (κ2) is 6.33. The number of hydrogen-bond donors (Lipinski definition) is 1. The van der Waals surface area contributed by atoms with Crippen LogP contribution in [0.1, 0.15) is 12.5 Å². The lowest BCUT2D eigenvalue weighted by Gasteiger charge is -2.35. The van der Waals surface area contributed by atoms with E-state index >= 15 is 0 Å². The number of nitrogens with one attached hydrogen (secondary N) is 1. The van der Waals surface area contributed by atoms with Gasteiger partial charge in [-0.25, -0.2) is 0 Å². The zero-order chi connectivity index (χ0) is 17.4. The van der Waals surface area contributed by atoms with Crippen molar-refractivity contribution in [1.82, 2.24) is 9.97 Å². The van der Waals surface area contributed by atoms with Crippen molar-refractivity contribution in [3.05, 3.63) is 58.5 Å². The summed E-state index contributed by atoms with van der Waals surface area (Å²) in [5.74, 6) is 0. The fourth-order valence-corrected chi connectivity index (χ4v) is 3.56. The summed E-state index contributed by atoms with van der Waals surface area (Å²) in [7, 11) is 0. The normalized spacial score (nSPS) is 17.8. The molecule has 1 fully saturated rings. The monoisotopic (exact) mass is 335 g/mol. The Morgan fingerprint density at radius 1 is 1.28 bits per heavy atom. The van der Waals surface area contributed by atoms with E-state index in [2.05, 4.69) is 34.8 Å². The van der Waals surface area contributed by atoms with Crippen LogP contribution in [0.3, 0.4) is 0 Å². The van der Waals surface area contributed by atoms with Gasteiger partial charge < -0.3 is 14.6 Å². The molecule has 1 aliphatic heterocycles. The van der Waals surface area contributed by atoms with Crippen LogP contribution in [0.15, 0.2) is 47.4 Å². The first-order chi connectivity index (χ1) is 12.1. The largest absolute Gasteiger partial charge is 0.377 e. The molecule has 1 N–H and O–H groups in total. The number of hydrogen-bond acceptors (Lipinski definition) is 4. The van der Waals surface area contributed by atoms with Crippen molar-refractivity contribution in [3.63, 3.8) is 0 Å². The van der Waals surface area contributed by atoms with Gasteiger partial charge in [0.15, 0.2) is 0 Å². The van der Waals surface area contributed by atoms with Crippen molar-refractivity contribution in [2.45, 2.75) is 19.9 Å². The van der Waals surface area contributed by atoms with E-state index in [1.807, 2.05) is 24.3 Å². The molecule has 1 aromatic carbocycles. The number of fused-ring (bicyclic) bond motifs is 1. The molecule has 5 heteroatoms. The maximum absolute atomic E-state index is 12.4. The Hall–Kier alpha value is -2.66. The summed E-state index contributed by atoms with van der Waals surface area (Å²) in [6.45, 7) is 6.33. The van der Waals surface area contributed by atoms with Crippen LogP contribution in [0.2, 0.25) is 0 Å². The van der Waals surface area contributed by atoms with Gasteiger partial charge in [-0.3, -0.25) is 9.78 Å². The van der Waals surface area contributed by atoms with Crippen LogP contribution in [-0.2, 0) is 4.74 Å². The highest BCUT2D eigenvalue weighted by Gasteiger charge is 2.20. The number of benzene rings is 1. The standard InChI is InChI=1S/C20H21N3O2/c1-13-5-6-17-16(4-3-7-21-17)20(13)18-10-15(11-19(24)22-18)23-8-9-25-12-14(23)2/h3-7,10-11,14H,8-9,12H2,1-2H3,(H,22,24). The molecule has 0 amide bonds. The fourth-order valence-electron chi connectivity index (χ4n) is 3.56. The van der Waals surface area contributed by atoms with Gasteiger partial charge in [0.25, 0.3) is 0 Å². The minimum absolute atomic E-state index is 0.0912. The summed E-state index contributed by atoms with van der Waals surface area (Å²) in [5.41, 5.74) is 4.75. The molecule has 5 nitrogen and oxygen atoms in total. The van der Waals surface area contributed by atoms with Crippen molar-refractivity contribution in [2.75, 3.05) is 24.7 Å². The minimum Gasteiger partial charge on any atom is -0.377 e. The summed E-state index contributed by atoms with van der Waals surface area (Å²) in [6.07, 6.45) is 1.79. The second-order valence-corrected chi connectivity index (χ2v) is 6.56. The maximum atomic E-state index is 12.4. The van der Waals surface area contributed by atoms with Crippen LogP contribution in [0.25, 0.3) is 22.2 Å². The topological polar surface area (TPSA) is 58.2 Å². The molecular formula is C20H21N3O2. The molecule has 4 rings (SSSR count).